The van der Waals surface area contributed by atoms with Crippen molar-refractivity contribution < 1.29 is 13.2 Å². The summed E-state index contributed by atoms with van der Waals surface area (Å²) in [5.41, 5.74) is 3.66. The third kappa shape index (κ3) is 4.39. The van der Waals surface area contributed by atoms with Gasteiger partial charge in [-0.15, -0.1) is 0 Å². The number of aromatic nitrogens is 2. The zero-order chi connectivity index (χ0) is 22.8. The van der Waals surface area contributed by atoms with E-state index >= 15 is 0 Å². The van der Waals surface area contributed by atoms with Crippen molar-refractivity contribution in [1.82, 2.24) is 18.8 Å². The Morgan fingerprint density at radius 1 is 0.970 bits per heavy atom. The van der Waals surface area contributed by atoms with Crippen molar-refractivity contribution in [3.8, 4) is 0 Å². The predicted molar refractivity (Wildman–Crippen MR) is 127 cm³/mol. The minimum Gasteiger partial charge on any atom is -0.348 e. The average molecular weight is 479 g/mol. The maximum absolute atomic E-state index is 13.5. The summed E-state index contributed by atoms with van der Waals surface area (Å²) in [5, 5.41) is 3.09. The number of sulfonamides is 1. The van der Waals surface area contributed by atoms with Gasteiger partial charge in [-0.25, -0.2) is 8.42 Å². The van der Waals surface area contributed by atoms with Crippen LogP contribution >= 0.6 is 11.7 Å². The fourth-order valence-corrected chi connectivity index (χ4v) is 6.24. The van der Waals surface area contributed by atoms with Crippen molar-refractivity contribution in [3.63, 3.8) is 0 Å². The molecule has 1 amide bonds. The van der Waals surface area contributed by atoms with Crippen LogP contribution in [0.15, 0.2) is 77.7 Å². The van der Waals surface area contributed by atoms with Crippen LogP contribution in [0.25, 0.3) is 11.0 Å². The first-order chi connectivity index (χ1) is 16.0. The smallest absolute Gasteiger partial charge is 0.243 e. The van der Waals surface area contributed by atoms with E-state index in [1.54, 1.807) is 36.4 Å². The maximum atomic E-state index is 13.5. The van der Waals surface area contributed by atoms with E-state index < -0.39 is 22.0 Å². The zero-order valence-corrected chi connectivity index (χ0v) is 19.3. The summed E-state index contributed by atoms with van der Waals surface area (Å²) in [7, 11) is -4.06. The number of fused-ring (bicyclic) bond motifs is 2. The number of hydrogen-bond donors (Lipinski definition) is 2. The molecule has 5 rings (SSSR count). The zero-order valence-electron chi connectivity index (χ0n) is 17.6. The van der Waals surface area contributed by atoms with Gasteiger partial charge in [0.2, 0.25) is 15.9 Å². The van der Waals surface area contributed by atoms with Crippen LogP contribution in [0, 0.1) is 0 Å². The molecular formula is C24H22N4O3S2. The van der Waals surface area contributed by atoms with E-state index in [2.05, 4.69) is 24.9 Å². The van der Waals surface area contributed by atoms with Crippen molar-refractivity contribution in [2.75, 3.05) is 0 Å². The van der Waals surface area contributed by atoms with Crippen LogP contribution in [0.4, 0.5) is 0 Å². The molecular weight excluding hydrogens is 456 g/mol. The molecule has 0 aliphatic heterocycles. The molecule has 1 aromatic heterocycles. The Balaban J connectivity index is 1.47. The Hall–Kier alpha value is -3.14. The van der Waals surface area contributed by atoms with Crippen molar-refractivity contribution >= 4 is 38.7 Å². The molecule has 2 N–H and O–H groups in total. The molecule has 1 aliphatic rings. The van der Waals surface area contributed by atoms with Gasteiger partial charge >= 0.3 is 0 Å². The van der Waals surface area contributed by atoms with Gasteiger partial charge in [0.15, 0.2) is 0 Å². The van der Waals surface area contributed by atoms with E-state index in [0.29, 0.717) is 16.6 Å². The number of nitrogens with one attached hydrogen (secondary N) is 2. The van der Waals surface area contributed by atoms with Gasteiger partial charge in [-0.3, -0.25) is 4.79 Å². The lowest BCUT2D eigenvalue weighted by molar-refractivity contribution is -0.123. The molecule has 0 unspecified atom stereocenters. The molecule has 4 aromatic rings. The van der Waals surface area contributed by atoms with E-state index in [0.717, 1.165) is 36.6 Å². The second-order valence-electron chi connectivity index (χ2n) is 8.01. The molecule has 3 aromatic carbocycles. The number of nitrogens with zero attached hydrogens (tertiary/aromatic N) is 2. The predicted octanol–water partition coefficient (Wildman–Crippen LogP) is 3.90. The molecule has 168 valence electrons. The van der Waals surface area contributed by atoms with Gasteiger partial charge in [0.25, 0.3) is 0 Å². The molecule has 9 heteroatoms. The number of rotatable bonds is 6. The standard InChI is InChI=1S/C24H22N4O3S2/c29-24(25-19-13-6-11-16-8-4-5-12-18(16)19)22(17-9-2-1-3-10-17)28-33(30,31)21-15-7-14-20-23(21)27-32-26-20/h1-5,7-10,12,14-15,19,22,28H,6,11,13H2,(H,25,29)/t19-,22+/m1/s1. The lowest BCUT2D eigenvalue weighted by atomic mass is 9.87. The quantitative estimate of drug-likeness (QED) is 0.438. The molecule has 1 aliphatic carbocycles. The number of amides is 1. The summed E-state index contributed by atoms with van der Waals surface area (Å²) in [5.74, 6) is -0.393. The Labute approximate surface area is 196 Å². The van der Waals surface area contributed by atoms with Gasteiger partial charge in [0.05, 0.1) is 17.8 Å². The van der Waals surface area contributed by atoms with Crippen LogP contribution in [0.1, 0.15) is 41.6 Å². The van der Waals surface area contributed by atoms with E-state index in [4.69, 9.17) is 0 Å². The van der Waals surface area contributed by atoms with Gasteiger partial charge in [-0.05, 0) is 48.1 Å². The maximum Gasteiger partial charge on any atom is 0.243 e. The second-order valence-corrected chi connectivity index (χ2v) is 10.2. The molecule has 33 heavy (non-hydrogen) atoms. The molecule has 0 saturated carbocycles. The first-order valence-electron chi connectivity index (χ1n) is 10.7. The summed E-state index contributed by atoms with van der Waals surface area (Å²) in [6, 6.07) is 20.5. The fraction of sp³-hybridized carbons (Fsp3) is 0.208. The topological polar surface area (TPSA) is 101 Å². The number of carbonyl (C=O) groups is 1. The van der Waals surface area contributed by atoms with Gasteiger partial charge in [-0.1, -0.05) is 60.7 Å². The highest BCUT2D eigenvalue weighted by Crippen LogP contribution is 2.30. The third-order valence-corrected chi connectivity index (χ3v) is 7.89. The van der Waals surface area contributed by atoms with Gasteiger partial charge in [0, 0.05) is 0 Å². The highest BCUT2D eigenvalue weighted by atomic mass is 32.2. The third-order valence-electron chi connectivity index (χ3n) is 5.89. The minimum atomic E-state index is -4.06. The van der Waals surface area contributed by atoms with Crippen molar-refractivity contribution in [3.05, 3.63) is 89.5 Å². The average Bonchev–Trinajstić information content (AvgIpc) is 3.32. The molecule has 2 atom stereocenters. The highest BCUT2D eigenvalue weighted by molar-refractivity contribution is 7.89. The van der Waals surface area contributed by atoms with Crippen LogP contribution in [0.2, 0.25) is 0 Å². The summed E-state index contributed by atoms with van der Waals surface area (Å²) < 4.78 is 37.6. The monoisotopic (exact) mass is 478 g/mol. The Morgan fingerprint density at radius 2 is 1.76 bits per heavy atom. The molecule has 0 bridgehead atoms. The van der Waals surface area contributed by atoms with E-state index in [-0.39, 0.29) is 10.9 Å². The Morgan fingerprint density at radius 3 is 2.61 bits per heavy atom. The van der Waals surface area contributed by atoms with Gasteiger partial charge in [-0.2, -0.15) is 13.5 Å². The van der Waals surface area contributed by atoms with Gasteiger partial charge < -0.3 is 5.32 Å². The SMILES string of the molecule is O=C(N[C@@H]1CCCc2ccccc21)[C@@H](NS(=O)(=O)c1cccc2nsnc12)c1ccccc1. The first-order valence-corrected chi connectivity index (χ1v) is 12.9. The number of aryl methyl sites for hydroxylation is 1. The van der Waals surface area contributed by atoms with Crippen LogP contribution < -0.4 is 10.0 Å². The Bertz CT molecular complexity index is 1400. The summed E-state index contributed by atoms with van der Waals surface area (Å²) in [6.45, 7) is 0. The molecule has 0 spiro atoms. The van der Waals surface area contributed by atoms with Crippen LogP contribution in [0.3, 0.4) is 0 Å². The normalized spacial score (nSPS) is 16.8. The minimum absolute atomic E-state index is 0.00509. The summed E-state index contributed by atoms with van der Waals surface area (Å²) in [6.07, 6.45) is 2.74. The largest absolute Gasteiger partial charge is 0.348 e. The van der Waals surface area contributed by atoms with Crippen LogP contribution in [0.5, 0.6) is 0 Å². The van der Waals surface area contributed by atoms with Crippen LogP contribution in [-0.2, 0) is 21.2 Å². The number of carbonyl (C=O) groups excluding carboxylic acids is 1. The summed E-state index contributed by atoms with van der Waals surface area (Å²) in [4.78, 5) is 13.5. The molecule has 0 saturated heterocycles. The van der Waals surface area contributed by atoms with Crippen molar-refractivity contribution in [2.24, 2.45) is 0 Å². The van der Waals surface area contributed by atoms with Crippen molar-refractivity contribution in [1.29, 1.82) is 0 Å². The number of hydrogen-bond acceptors (Lipinski definition) is 6. The summed E-state index contributed by atoms with van der Waals surface area (Å²) >= 11 is 0.950. The van der Waals surface area contributed by atoms with Crippen LogP contribution in [-0.4, -0.2) is 23.1 Å². The lowest BCUT2D eigenvalue weighted by Crippen LogP contribution is -2.42. The van der Waals surface area contributed by atoms with Crippen molar-refractivity contribution in [2.45, 2.75) is 36.2 Å². The molecule has 0 radical (unpaired) electrons. The molecule has 1 heterocycles. The first kappa shape index (κ1) is 21.7. The number of benzene rings is 3. The Kier molecular flexibility index (Phi) is 5.92. The lowest BCUT2D eigenvalue weighted by Gasteiger charge is -2.28. The molecule has 0 fully saturated rings. The fourth-order valence-electron chi connectivity index (χ4n) is 4.29. The molecule has 7 nitrogen and oxygen atoms in total. The van der Waals surface area contributed by atoms with E-state index in [1.807, 2.05) is 24.3 Å². The second kappa shape index (κ2) is 9.01. The van der Waals surface area contributed by atoms with Gasteiger partial charge in [0.1, 0.15) is 22.0 Å². The van der Waals surface area contributed by atoms with E-state index in [9.17, 15) is 13.2 Å². The van der Waals surface area contributed by atoms with E-state index in [1.165, 1.54) is 11.6 Å². The highest BCUT2D eigenvalue weighted by Gasteiger charge is 2.31.